The standard InChI is InChI=1S/C27H38N3/c1-17(2)22-13-10-11-14-25(22)27-29(20(7)8)21(9)28-30(27)26-23(18(3)4)15-12-16-24(26)19(5)6/h10-20H,1-9H3/q+1. The molecule has 0 bridgehead atoms. The van der Waals surface area contributed by atoms with Crippen LogP contribution in [0, 0.1) is 6.92 Å². The van der Waals surface area contributed by atoms with Crippen LogP contribution >= 0.6 is 0 Å². The predicted octanol–water partition coefficient (Wildman–Crippen LogP) is 7.09. The van der Waals surface area contributed by atoms with Gasteiger partial charge in [-0.2, -0.15) is 0 Å². The van der Waals surface area contributed by atoms with Crippen LogP contribution in [-0.2, 0) is 0 Å². The summed E-state index contributed by atoms with van der Waals surface area (Å²) in [5.41, 5.74) is 6.58. The molecule has 1 aromatic heterocycles. The number of aromatic nitrogens is 3. The number of para-hydroxylation sites is 1. The van der Waals surface area contributed by atoms with Crippen LogP contribution in [0.1, 0.15) is 102 Å². The van der Waals surface area contributed by atoms with Gasteiger partial charge in [-0.3, -0.25) is 0 Å². The summed E-state index contributed by atoms with van der Waals surface area (Å²) in [7, 11) is 0. The van der Waals surface area contributed by atoms with Crippen molar-refractivity contribution in [3.05, 3.63) is 65.0 Å². The first-order chi connectivity index (χ1) is 14.1. The minimum atomic E-state index is 0.322. The SMILES string of the molecule is Cc1nn(-c2c(C(C)C)cccc2C(C)C)c(-c2ccccc2C(C)C)[n+]1C(C)C. The third kappa shape index (κ3) is 3.95. The highest BCUT2D eigenvalue weighted by atomic mass is 15.4. The van der Waals surface area contributed by atoms with Crippen molar-refractivity contribution >= 4 is 0 Å². The van der Waals surface area contributed by atoms with Crippen LogP contribution in [0.4, 0.5) is 0 Å². The van der Waals surface area contributed by atoms with E-state index in [4.69, 9.17) is 5.10 Å². The predicted molar refractivity (Wildman–Crippen MR) is 127 cm³/mol. The zero-order chi connectivity index (χ0) is 22.2. The molecule has 0 aliphatic carbocycles. The Bertz CT molecular complexity index is 996. The van der Waals surface area contributed by atoms with Crippen molar-refractivity contribution < 1.29 is 4.57 Å². The molecule has 3 heteroatoms. The summed E-state index contributed by atoms with van der Waals surface area (Å²) in [5, 5.41) is 5.14. The van der Waals surface area contributed by atoms with Crippen LogP contribution in [0.5, 0.6) is 0 Å². The lowest BCUT2D eigenvalue weighted by Crippen LogP contribution is -2.40. The highest BCUT2D eigenvalue weighted by Gasteiger charge is 2.32. The van der Waals surface area contributed by atoms with E-state index in [-0.39, 0.29) is 0 Å². The van der Waals surface area contributed by atoms with E-state index in [1.54, 1.807) is 0 Å². The highest BCUT2D eigenvalue weighted by Crippen LogP contribution is 2.35. The van der Waals surface area contributed by atoms with E-state index in [1.807, 2.05) is 0 Å². The molecule has 0 unspecified atom stereocenters. The molecule has 0 spiro atoms. The number of benzene rings is 2. The Morgan fingerprint density at radius 3 is 1.70 bits per heavy atom. The lowest BCUT2D eigenvalue weighted by atomic mass is 9.92. The minimum absolute atomic E-state index is 0.322. The molecule has 2 aromatic carbocycles. The molecular formula is C27H38N3+. The molecule has 30 heavy (non-hydrogen) atoms. The van der Waals surface area contributed by atoms with Crippen molar-refractivity contribution in [2.45, 2.75) is 86.1 Å². The van der Waals surface area contributed by atoms with Crippen molar-refractivity contribution in [3.8, 4) is 17.1 Å². The quantitative estimate of drug-likeness (QED) is 0.402. The van der Waals surface area contributed by atoms with E-state index in [0.717, 1.165) is 5.82 Å². The van der Waals surface area contributed by atoms with E-state index in [2.05, 4.69) is 114 Å². The Balaban J connectivity index is 2.48. The molecule has 0 saturated heterocycles. The maximum absolute atomic E-state index is 5.14. The van der Waals surface area contributed by atoms with Crippen molar-refractivity contribution in [3.63, 3.8) is 0 Å². The lowest BCUT2D eigenvalue weighted by molar-refractivity contribution is -0.711. The second-order valence-corrected chi connectivity index (χ2v) is 9.58. The van der Waals surface area contributed by atoms with E-state index in [9.17, 15) is 0 Å². The van der Waals surface area contributed by atoms with Crippen molar-refractivity contribution in [2.24, 2.45) is 0 Å². The summed E-state index contributed by atoms with van der Waals surface area (Å²) in [4.78, 5) is 0. The third-order valence-corrected chi connectivity index (χ3v) is 5.92. The van der Waals surface area contributed by atoms with Gasteiger partial charge >= 0.3 is 0 Å². The van der Waals surface area contributed by atoms with Crippen LogP contribution in [0.25, 0.3) is 17.1 Å². The Morgan fingerprint density at radius 1 is 0.700 bits per heavy atom. The van der Waals surface area contributed by atoms with Crippen LogP contribution in [0.3, 0.4) is 0 Å². The summed E-state index contributed by atoms with van der Waals surface area (Å²) in [6.07, 6.45) is 0. The Hall–Kier alpha value is -2.42. The van der Waals surface area contributed by atoms with Gasteiger partial charge in [0.1, 0.15) is 5.69 Å². The lowest BCUT2D eigenvalue weighted by Gasteiger charge is -2.18. The molecule has 1 heterocycles. The number of hydrogen-bond donors (Lipinski definition) is 0. The van der Waals surface area contributed by atoms with Crippen molar-refractivity contribution in [1.82, 2.24) is 9.78 Å². The van der Waals surface area contributed by atoms with Crippen LogP contribution < -0.4 is 4.57 Å². The molecule has 160 valence electrons. The van der Waals surface area contributed by atoms with E-state index in [1.165, 1.54) is 33.8 Å². The second kappa shape index (κ2) is 8.75. The van der Waals surface area contributed by atoms with E-state index >= 15 is 0 Å². The van der Waals surface area contributed by atoms with Gasteiger partial charge in [0.15, 0.2) is 0 Å². The van der Waals surface area contributed by atoms with Crippen LogP contribution in [0.2, 0.25) is 0 Å². The fraction of sp³-hybridized carbons (Fsp3) is 0.481. The van der Waals surface area contributed by atoms with Gasteiger partial charge in [-0.15, -0.1) is 0 Å². The highest BCUT2D eigenvalue weighted by molar-refractivity contribution is 5.63. The van der Waals surface area contributed by atoms with Gasteiger partial charge < -0.3 is 0 Å². The molecule has 0 aliphatic rings. The van der Waals surface area contributed by atoms with Gasteiger partial charge in [0, 0.05) is 12.0 Å². The first kappa shape index (κ1) is 22.3. The van der Waals surface area contributed by atoms with Crippen LogP contribution in [-0.4, -0.2) is 9.78 Å². The Morgan fingerprint density at radius 2 is 1.20 bits per heavy atom. The molecule has 3 aromatic rings. The average molecular weight is 405 g/mol. The molecule has 0 fully saturated rings. The van der Waals surface area contributed by atoms with Gasteiger partial charge in [-0.1, -0.05) is 82.6 Å². The second-order valence-electron chi connectivity index (χ2n) is 9.58. The van der Waals surface area contributed by atoms with Crippen molar-refractivity contribution in [2.75, 3.05) is 0 Å². The minimum Gasteiger partial charge on any atom is -0.225 e. The summed E-state index contributed by atoms with van der Waals surface area (Å²) in [6.45, 7) is 20.3. The Kier molecular flexibility index (Phi) is 6.50. The largest absolute Gasteiger partial charge is 0.275 e. The Labute approximate surface area is 182 Å². The number of hydrogen-bond acceptors (Lipinski definition) is 1. The number of rotatable bonds is 6. The first-order valence-electron chi connectivity index (χ1n) is 11.4. The maximum atomic E-state index is 5.14. The smallest absolute Gasteiger partial charge is 0.225 e. The summed E-state index contributed by atoms with van der Waals surface area (Å²) >= 11 is 0. The molecule has 0 saturated carbocycles. The molecule has 0 atom stereocenters. The first-order valence-corrected chi connectivity index (χ1v) is 11.4. The van der Waals surface area contributed by atoms with Gasteiger partial charge in [-0.25, -0.2) is 4.57 Å². The van der Waals surface area contributed by atoms with Gasteiger partial charge in [-0.05, 0) is 54.4 Å². The van der Waals surface area contributed by atoms with Gasteiger partial charge in [0.25, 0.3) is 11.6 Å². The summed E-state index contributed by atoms with van der Waals surface area (Å²) < 4.78 is 4.63. The summed E-state index contributed by atoms with van der Waals surface area (Å²) in [6, 6.07) is 15.9. The van der Waals surface area contributed by atoms with Gasteiger partial charge in [0.05, 0.1) is 11.6 Å². The fourth-order valence-electron chi connectivity index (χ4n) is 4.47. The van der Waals surface area contributed by atoms with E-state index in [0.29, 0.717) is 23.8 Å². The monoisotopic (exact) mass is 404 g/mol. The zero-order valence-corrected chi connectivity index (χ0v) is 20.2. The topological polar surface area (TPSA) is 21.7 Å². The molecule has 3 rings (SSSR count). The van der Waals surface area contributed by atoms with Gasteiger partial charge in [0.2, 0.25) is 0 Å². The molecule has 0 radical (unpaired) electrons. The molecular weight excluding hydrogens is 366 g/mol. The number of aryl methyl sites for hydroxylation is 1. The number of nitrogens with zero attached hydrogens (tertiary/aromatic N) is 3. The third-order valence-electron chi connectivity index (χ3n) is 5.92. The van der Waals surface area contributed by atoms with Crippen molar-refractivity contribution in [1.29, 1.82) is 0 Å². The normalized spacial score (nSPS) is 12.0. The molecule has 0 N–H and O–H groups in total. The fourth-order valence-corrected chi connectivity index (χ4v) is 4.47. The van der Waals surface area contributed by atoms with E-state index < -0.39 is 0 Å². The molecule has 0 aliphatic heterocycles. The average Bonchev–Trinajstić information content (AvgIpc) is 3.04. The molecule has 3 nitrogen and oxygen atoms in total. The summed E-state index contributed by atoms with van der Waals surface area (Å²) in [5.74, 6) is 3.51. The molecule has 0 amide bonds. The van der Waals surface area contributed by atoms with Crippen LogP contribution in [0.15, 0.2) is 42.5 Å². The maximum Gasteiger partial charge on any atom is 0.275 e. The zero-order valence-electron chi connectivity index (χ0n) is 20.2.